The van der Waals surface area contributed by atoms with Gasteiger partial charge in [0.15, 0.2) is 16.7 Å². The highest BCUT2D eigenvalue weighted by Crippen LogP contribution is 2.46. The Balaban J connectivity index is 1.48. The van der Waals surface area contributed by atoms with Gasteiger partial charge in [-0.15, -0.1) is 0 Å². The van der Waals surface area contributed by atoms with E-state index < -0.39 is 0 Å². The number of hydrogen-bond donors (Lipinski definition) is 0. The predicted octanol–water partition coefficient (Wildman–Crippen LogP) is 5.51. The fraction of sp³-hybridized carbons (Fsp3) is 0.286. The summed E-state index contributed by atoms with van der Waals surface area (Å²) in [7, 11) is 3.32. The van der Waals surface area contributed by atoms with Gasteiger partial charge in [0.05, 0.1) is 38.1 Å². The van der Waals surface area contributed by atoms with Gasteiger partial charge in [-0.2, -0.15) is 0 Å². The smallest absolute Gasteiger partial charge is 0.338 e. The van der Waals surface area contributed by atoms with Crippen LogP contribution in [0.4, 0.5) is 5.69 Å². The first-order valence-corrected chi connectivity index (χ1v) is 12.7. The molecule has 2 aliphatic rings. The van der Waals surface area contributed by atoms with Crippen LogP contribution in [0.2, 0.25) is 0 Å². The summed E-state index contributed by atoms with van der Waals surface area (Å²) < 4.78 is 17.0. The standard InChI is InChI=1S/C28H28N2O4S/c1-32-24-15-20-13-14-30-26(23(20)16-25(24)33-2)21(17-34-27(31)19-9-5-3-6-10-19)18-35-28(30)29-22-11-7-4-8-12-22/h3-12,15-16,21,26H,13-14,17-18H2,1-2H3/t21-,26-/m1/s1. The molecule has 0 aromatic heterocycles. The van der Waals surface area contributed by atoms with Crippen LogP contribution >= 0.6 is 11.8 Å². The number of ether oxygens (including phenoxy) is 3. The van der Waals surface area contributed by atoms with Crippen LogP contribution in [0.1, 0.15) is 27.5 Å². The maximum Gasteiger partial charge on any atom is 0.338 e. The summed E-state index contributed by atoms with van der Waals surface area (Å²) in [5.41, 5.74) is 3.90. The molecule has 1 saturated heterocycles. The van der Waals surface area contributed by atoms with E-state index in [1.54, 1.807) is 38.1 Å². The second-order valence-corrected chi connectivity index (χ2v) is 9.55. The normalized spacial score (nSPS) is 20.1. The number of benzene rings is 3. The summed E-state index contributed by atoms with van der Waals surface area (Å²) in [6.45, 7) is 1.16. The first kappa shape index (κ1) is 23.3. The highest BCUT2D eigenvalue weighted by molar-refractivity contribution is 8.13. The van der Waals surface area contributed by atoms with Crippen molar-refractivity contribution in [3.63, 3.8) is 0 Å². The van der Waals surface area contributed by atoms with E-state index in [9.17, 15) is 4.79 Å². The number of nitrogens with zero attached hydrogens (tertiary/aromatic N) is 2. The van der Waals surface area contributed by atoms with Crippen molar-refractivity contribution in [3.05, 3.63) is 89.5 Å². The molecule has 2 atom stereocenters. The molecule has 3 aromatic carbocycles. The van der Waals surface area contributed by atoms with Crippen molar-refractivity contribution in [2.45, 2.75) is 12.5 Å². The lowest BCUT2D eigenvalue weighted by Crippen LogP contribution is -2.47. The van der Waals surface area contributed by atoms with Crippen molar-refractivity contribution in [1.82, 2.24) is 4.90 Å². The minimum absolute atomic E-state index is 0.0193. The van der Waals surface area contributed by atoms with Crippen LogP contribution in [0.3, 0.4) is 0 Å². The Morgan fingerprint density at radius 3 is 2.40 bits per heavy atom. The minimum Gasteiger partial charge on any atom is -0.493 e. The van der Waals surface area contributed by atoms with Crippen molar-refractivity contribution in [1.29, 1.82) is 0 Å². The number of methoxy groups -OCH3 is 2. The van der Waals surface area contributed by atoms with Crippen LogP contribution in [0, 0.1) is 5.92 Å². The molecule has 0 amide bonds. The van der Waals surface area contributed by atoms with Gasteiger partial charge < -0.3 is 19.1 Å². The van der Waals surface area contributed by atoms with Crippen molar-refractivity contribution in [2.24, 2.45) is 10.9 Å². The Morgan fingerprint density at radius 1 is 1.00 bits per heavy atom. The highest BCUT2D eigenvalue weighted by atomic mass is 32.2. The van der Waals surface area contributed by atoms with Crippen LogP contribution in [-0.4, -0.2) is 49.2 Å². The molecule has 5 rings (SSSR count). The zero-order chi connectivity index (χ0) is 24.2. The number of para-hydroxylation sites is 1. The molecule has 6 nitrogen and oxygen atoms in total. The maximum atomic E-state index is 12.7. The Bertz CT molecular complexity index is 1220. The molecule has 2 aliphatic heterocycles. The number of carbonyl (C=O) groups is 1. The molecule has 0 N–H and O–H groups in total. The number of hydrogen-bond acceptors (Lipinski definition) is 6. The van der Waals surface area contributed by atoms with Gasteiger partial charge in [0.2, 0.25) is 0 Å². The van der Waals surface area contributed by atoms with Gasteiger partial charge in [-0.05, 0) is 53.9 Å². The molecule has 0 aliphatic carbocycles. The zero-order valence-corrected chi connectivity index (χ0v) is 20.7. The molecule has 0 spiro atoms. The van der Waals surface area contributed by atoms with Crippen molar-refractivity contribution in [3.8, 4) is 11.5 Å². The number of fused-ring (bicyclic) bond motifs is 3. The van der Waals surface area contributed by atoms with Gasteiger partial charge >= 0.3 is 5.97 Å². The Hall–Kier alpha value is -3.45. The second kappa shape index (κ2) is 10.4. The molecule has 0 unspecified atom stereocenters. The van der Waals surface area contributed by atoms with E-state index in [2.05, 4.69) is 17.0 Å². The van der Waals surface area contributed by atoms with E-state index in [0.717, 1.165) is 35.3 Å². The second-order valence-electron chi connectivity index (χ2n) is 8.56. The van der Waals surface area contributed by atoms with E-state index in [0.29, 0.717) is 17.9 Å². The van der Waals surface area contributed by atoms with E-state index >= 15 is 0 Å². The fourth-order valence-electron chi connectivity index (χ4n) is 4.74. The highest BCUT2D eigenvalue weighted by Gasteiger charge is 2.41. The Kier molecular flexibility index (Phi) is 6.95. The molecule has 0 saturated carbocycles. The van der Waals surface area contributed by atoms with E-state index in [4.69, 9.17) is 19.2 Å². The third-order valence-corrected chi connectivity index (χ3v) is 7.64. The van der Waals surface area contributed by atoms with E-state index in [1.165, 1.54) is 11.1 Å². The van der Waals surface area contributed by atoms with Gasteiger partial charge in [-0.25, -0.2) is 9.79 Å². The molecule has 3 aromatic rings. The summed E-state index contributed by atoms with van der Waals surface area (Å²) in [5, 5.41) is 0.993. The third kappa shape index (κ3) is 4.86. The third-order valence-electron chi connectivity index (χ3n) is 6.46. The number of aliphatic imine (C=N–C) groups is 1. The fourth-order valence-corrected chi connectivity index (χ4v) is 5.93. The average Bonchev–Trinajstić information content (AvgIpc) is 2.92. The summed E-state index contributed by atoms with van der Waals surface area (Å²) in [5.74, 6) is 2.03. The molecular weight excluding hydrogens is 460 g/mol. The quantitative estimate of drug-likeness (QED) is 0.427. The molecule has 0 bridgehead atoms. The summed E-state index contributed by atoms with van der Waals surface area (Å²) >= 11 is 1.72. The largest absolute Gasteiger partial charge is 0.493 e. The number of rotatable bonds is 6. The number of carbonyl (C=O) groups excluding carboxylic acids is 1. The van der Waals surface area contributed by atoms with Crippen molar-refractivity contribution in [2.75, 3.05) is 33.1 Å². The van der Waals surface area contributed by atoms with Crippen LogP contribution in [-0.2, 0) is 11.2 Å². The topological polar surface area (TPSA) is 60.4 Å². The van der Waals surface area contributed by atoms with Gasteiger partial charge in [0.1, 0.15) is 0 Å². The summed E-state index contributed by atoms with van der Waals surface area (Å²) in [6, 6.07) is 23.3. The number of esters is 1. The molecule has 1 fully saturated rings. The van der Waals surface area contributed by atoms with Gasteiger partial charge in [0, 0.05) is 18.2 Å². The van der Waals surface area contributed by atoms with Crippen LogP contribution in [0.15, 0.2) is 77.8 Å². The van der Waals surface area contributed by atoms with Crippen molar-refractivity contribution >= 4 is 28.6 Å². The summed E-state index contributed by atoms with van der Waals surface area (Å²) in [4.78, 5) is 20.0. The Labute approximate surface area is 209 Å². The minimum atomic E-state index is -0.297. The lowest BCUT2D eigenvalue weighted by molar-refractivity contribution is 0.0384. The lowest BCUT2D eigenvalue weighted by atomic mass is 9.85. The van der Waals surface area contributed by atoms with E-state index in [-0.39, 0.29) is 17.9 Å². The first-order valence-electron chi connectivity index (χ1n) is 11.7. The number of thioether (sulfide) groups is 1. The molecule has 35 heavy (non-hydrogen) atoms. The molecule has 7 heteroatoms. The lowest BCUT2D eigenvalue weighted by Gasteiger charge is -2.46. The predicted molar refractivity (Wildman–Crippen MR) is 139 cm³/mol. The molecule has 180 valence electrons. The first-order chi connectivity index (χ1) is 17.2. The molecular formula is C28H28N2O4S. The SMILES string of the molecule is COc1cc2c(cc1OC)[C@H]1[C@H](COC(=O)c3ccccc3)CSC(=Nc3ccccc3)N1CC2. The summed E-state index contributed by atoms with van der Waals surface area (Å²) in [6.07, 6.45) is 0.872. The molecule has 2 heterocycles. The van der Waals surface area contributed by atoms with Crippen LogP contribution in [0.5, 0.6) is 11.5 Å². The van der Waals surface area contributed by atoms with E-state index in [1.807, 2.05) is 48.5 Å². The zero-order valence-electron chi connectivity index (χ0n) is 19.8. The number of amidine groups is 1. The Morgan fingerprint density at radius 2 is 1.69 bits per heavy atom. The van der Waals surface area contributed by atoms with Gasteiger partial charge in [0.25, 0.3) is 0 Å². The van der Waals surface area contributed by atoms with Gasteiger partial charge in [-0.1, -0.05) is 48.2 Å². The van der Waals surface area contributed by atoms with Gasteiger partial charge in [-0.3, -0.25) is 0 Å². The molecule has 0 radical (unpaired) electrons. The average molecular weight is 489 g/mol. The monoisotopic (exact) mass is 488 g/mol. The van der Waals surface area contributed by atoms with Crippen LogP contribution in [0.25, 0.3) is 0 Å². The van der Waals surface area contributed by atoms with Crippen LogP contribution < -0.4 is 9.47 Å². The van der Waals surface area contributed by atoms with Crippen molar-refractivity contribution < 1.29 is 19.0 Å². The maximum absolute atomic E-state index is 12.7.